The summed E-state index contributed by atoms with van der Waals surface area (Å²) in [5.74, 6) is -0.500. The molecule has 0 saturated heterocycles. The molecular weight excluding hydrogens is 256 g/mol. The second-order valence-corrected chi connectivity index (χ2v) is 4.67. The van der Waals surface area contributed by atoms with Gasteiger partial charge in [0.25, 0.3) is 0 Å². The average Bonchev–Trinajstić information content (AvgIpc) is 2.28. The van der Waals surface area contributed by atoms with E-state index in [1.165, 1.54) is 12.1 Å². The molecule has 0 bridgehead atoms. The molecule has 6 heteroatoms. The normalized spacial score (nSPS) is 12.5. The molecule has 0 spiro atoms. The molecule has 0 amide bonds. The molecule has 5 nitrogen and oxygen atoms in total. The van der Waals surface area contributed by atoms with Gasteiger partial charge in [-0.15, -0.1) is 0 Å². The summed E-state index contributed by atoms with van der Waals surface area (Å²) >= 11 is 5.79. The highest BCUT2D eigenvalue weighted by Gasteiger charge is 2.18. The van der Waals surface area contributed by atoms with Crippen LogP contribution in [0.4, 0.5) is 5.82 Å². The second-order valence-electron chi connectivity index (χ2n) is 4.29. The minimum Gasteiger partial charge on any atom is -0.478 e. The first-order valence-electron chi connectivity index (χ1n) is 5.61. The van der Waals surface area contributed by atoms with Crippen LogP contribution in [0.2, 0.25) is 5.15 Å². The fourth-order valence-electron chi connectivity index (χ4n) is 1.47. The van der Waals surface area contributed by atoms with Crippen LogP contribution in [0.25, 0.3) is 0 Å². The summed E-state index contributed by atoms with van der Waals surface area (Å²) in [6.45, 7) is 4.49. The molecule has 0 aromatic carbocycles. The number of nitrogens with one attached hydrogen (secondary N) is 1. The molecule has 0 radical (unpaired) electrons. The zero-order valence-electron chi connectivity index (χ0n) is 10.6. The number of carbonyl (C=O) groups is 1. The standard InChI is InChI=1S/C12H17ClN2O3/c1-7(2)9(6-18-3)14-11-8(12(16)17)4-5-10(13)15-11/h4-5,7,9H,6H2,1-3H3,(H,14,15)(H,16,17). The van der Waals surface area contributed by atoms with E-state index in [1.807, 2.05) is 13.8 Å². The maximum Gasteiger partial charge on any atom is 0.339 e. The predicted octanol–water partition coefficient (Wildman–Crippen LogP) is 2.52. The molecule has 100 valence electrons. The topological polar surface area (TPSA) is 71.5 Å². The van der Waals surface area contributed by atoms with Crippen LogP contribution in [0.1, 0.15) is 24.2 Å². The van der Waals surface area contributed by atoms with E-state index in [2.05, 4.69) is 10.3 Å². The predicted molar refractivity (Wildman–Crippen MR) is 70.3 cm³/mol. The third kappa shape index (κ3) is 3.85. The van der Waals surface area contributed by atoms with Crippen molar-refractivity contribution in [3.63, 3.8) is 0 Å². The van der Waals surface area contributed by atoms with Crippen molar-refractivity contribution in [3.05, 3.63) is 22.8 Å². The largest absolute Gasteiger partial charge is 0.478 e. The molecule has 18 heavy (non-hydrogen) atoms. The van der Waals surface area contributed by atoms with Gasteiger partial charge in [0.15, 0.2) is 0 Å². The number of carboxylic acids is 1. The van der Waals surface area contributed by atoms with E-state index in [9.17, 15) is 4.79 Å². The molecule has 1 aromatic heterocycles. The highest BCUT2D eigenvalue weighted by Crippen LogP contribution is 2.19. The molecule has 2 N–H and O–H groups in total. The van der Waals surface area contributed by atoms with E-state index in [-0.39, 0.29) is 28.5 Å². The first-order valence-corrected chi connectivity index (χ1v) is 5.98. The monoisotopic (exact) mass is 272 g/mol. The molecule has 0 saturated carbocycles. The Hall–Kier alpha value is -1.33. The zero-order valence-corrected chi connectivity index (χ0v) is 11.4. The zero-order chi connectivity index (χ0) is 13.7. The van der Waals surface area contributed by atoms with Gasteiger partial charge in [-0.3, -0.25) is 0 Å². The third-order valence-electron chi connectivity index (χ3n) is 2.56. The van der Waals surface area contributed by atoms with Gasteiger partial charge in [-0.25, -0.2) is 9.78 Å². The highest BCUT2D eigenvalue weighted by atomic mass is 35.5. The Kier molecular flexibility index (Phi) is 5.37. The van der Waals surface area contributed by atoms with Crippen molar-refractivity contribution < 1.29 is 14.6 Å². The molecule has 1 aromatic rings. The molecular formula is C12H17ClN2O3. The number of nitrogens with zero attached hydrogens (tertiary/aromatic N) is 1. The van der Waals surface area contributed by atoms with Crippen LogP contribution in [0.15, 0.2) is 12.1 Å². The Morgan fingerprint density at radius 2 is 2.22 bits per heavy atom. The number of methoxy groups -OCH3 is 1. The average molecular weight is 273 g/mol. The lowest BCUT2D eigenvalue weighted by molar-refractivity contribution is 0.0697. The molecule has 1 unspecified atom stereocenters. The van der Waals surface area contributed by atoms with Crippen LogP contribution in [0.5, 0.6) is 0 Å². The Morgan fingerprint density at radius 1 is 1.56 bits per heavy atom. The smallest absolute Gasteiger partial charge is 0.339 e. The number of hydrogen-bond donors (Lipinski definition) is 2. The Bertz CT molecular complexity index is 424. The van der Waals surface area contributed by atoms with Gasteiger partial charge in [0.1, 0.15) is 16.5 Å². The summed E-state index contributed by atoms with van der Waals surface area (Å²) in [5, 5.41) is 12.4. The third-order valence-corrected chi connectivity index (χ3v) is 2.78. The van der Waals surface area contributed by atoms with Crippen LogP contribution in [0, 0.1) is 5.92 Å². The van der Waals surface area contributed by atoms with Gasteiger partial charge in [-0.1, -0.05) is 25.4 Å². The minimum atomic E-state index is -1.04. The Labute approximate surface area is 111 Å². The number of aromatic carboxylic acids is 1. The number of carboxylic acid groups (broad SMARTS) is 1. The minimum absolute atomic E-state index is 0.0286. The van der Waals surface area contributed by atoms with Crippen molar-refractivity contribution in [2.45, 2.75) is 19.9 Å². The van der Waals surface area contributed by atoms with Crippen LogP contribution in [0.3, 0.4) is 0 Å². The van der Waals surface area contributed by atoms with Crippen LogP contribution in [-0.2, 0) is 4.74 Å². The van der Waals surface area contributed by atoms with Gasteiger partial charge in [-0.05, 0) is 18.1 Å². The number of rotatable bonds is 6. The lowest BCUT2D eigenvalue weighted by Gasteiger charge is -2.22. The maximum absolute atomic E-state index is 11.1. The van der Waals surface area contributed by atoms with Gasteiger partial charge in [0.05, 0.1) is 12.6 Å². The van der Waals surface area contributed by atoms with Crippen molar-refractivity contribution in [2.75, 3.05) is 19.0 Å². The number of halogens is 1. The fraction of sp³-hybridized carbons (Fsp3) is 0.500. The maximum atomic E-state index is 11.1. The van der Waals surface area contributed by atoms with E-state index in [1.54, 1.807) is 7.11 Å². The molecule has 0 aliphatic carbocycles. The first-order chi connectivity index (χ1) is 8.45. The van der Waals surface area contributed by atoms with Crippen molar-refractivity contribution in [2.24, 2.45) is 5.92 Å². The number of ether oxygens (including phenoxy) is 1. The van der Waals surface area contributed by atoms with Crippen molar-refractivity contribution in [1.29, 1.82) is 0 Å². The van der Waals surface area contributed by atoms with E-state index < -0.39 is 5.97 Å². The Morgan fingerprint density at radius 3 is 2.72 bits per heavy atom. The number of aromatic nitrogens is 1. The van der Waals surface area contributed by atoms with Gasteiger partial charge in [0.2, 0.25) is 0 Å². The van der Waals surface area contributed by atoms with E-state index >= 15 is 0 Å². The lowest BCUT2D eigenvalue weighted by atomic mass is 10.1. The molecule has 0 fully saturated rings. The first kappa shape index (κ1) is 14.7. The van der Waals surface area contributed by atoms with Gasteiger partial charge in [0, 0.05) is 7.11 Å². The molecule has 1 heterocycles. The summed E-state index contributed by atoms with van der Waals surface area (Å²) in [6, 6.07) is 2.86. The molecule has 1 atom stereocenters. The van der Waals surface area contributed by atoms with Gasteiger partial charge in [-0.2, -0.15) is 0 Å². The van der Waals surface area contributed by atoms with Gasteiger partial charge < -0.3 is 15.2 Å². The Balaban J connectivity index is 3.00. The van der Waals surface area contributed by atoms with Crippen molar-refractivity contribution in [3.8, 4) is 0 Å². The molecule has 1 rings (SSSR count). The van der Waals surface area contributed by atoms with Crippen LogP contribution < -0.4 is 5.32 Å². The van der Waals surface area contributed by atoms with Gasteiger partial charge >= 0.3 is 5.97 Å². The summed E-state index contributed by atoms with van der Waals surface area (Å²) < 4.78 is 5.10. The summed E-state index contributed by atoms with van der Waals surface area (Å²) in [5.41, 5.74) is 0.0983. The quantitative estimate of drug-likeness (QED) is 0.779. The van der Waals surface area contributed by atoms with E-state index in [0.29, 0.717) is 6.61 Å². The summed E-state index contributed by atoms with van der Waals surface area (Å²) in [6.07, 6.45) is 0. The number of pyridine rings is 1. The lowest BCUT2D eigenvalue weighted by Crippen LogP contribution is -2.31. The SMILES string of the molecule is COCC(Nc1nc(Cl)ccc1C(=O)O)C(C)C. The van der Waals surface area contributed by atoms with Crippen LogP contribution >= 0.6 is 11.6 Å². The fourth-order valence-corrected chi connectivity index (χ4v) is 1.62. The molecule has 0 aliphatic rings. The van der Waals surface area contributed by atoms with Crippen LogP contribution in [-0.4, -0.2) is 35.8 Å². The second kappa shape index (κ2) is 6.56. The molecule has 0 aliphatic heterocycles. The summed E-state index contributed by atoms with van der Waals surface area (Å²) in [7, 11) is 1.60. The number of hydrogen-bond acceptors (Lipinski definition) is 4. The van der Waals surface area contributed by atoms with Crippen molar-refractivity contribution >= 4 is 23.4 Å². The highest BCUT2D eigenvalue weighted by molar-refractivity contribution is 6.29. The number of anilines is 1. The van der Waals surface area contributed by atoms with Crippen molar-refractivity contribution in [1.82, 2.24) is 4.98 Å². The summed E-state index contributed by atoms with van der Waals surface area (Å²) in [4.78, 5) is 15.1. The van der Waals surface area contributed by atoms with E-state index in [4.69, 9.17) is 21.4 Å². The van der Waals surface area contributed by atoms with E-state index in [0.717, 1.165) is 0 Å².